The summed E-state index contributed by atoms with van der Waals surface area (Å²) in [6.45, 7) is 0. The second-order valence-electron chi connectivity index (χ2n) is 6.67. The van der Waals surface area contributed by atoms with E-state index in [1.54, 1.807) is 0 Å². The molecule has 2 aromatic carbocycles. The minimum absolute atomic E-state index is 0.101. The number of likely N-dealkylation sites (N-methyl/N-ethyl adjacent to an activating group) is 1. The monoisotopic (exact) mass is 350 g/mol. The summed E-state index contributed by atoms with van der Waals surface area (Å²) in [7, 11) is 4.29. The lowest BCUT2D eigenvalue weighted by atomic mass is 9.92. The summed E-state index contributed by atoms with van der Waals surface area (Å²) >= 11 is 7.88. The second-order valence-corrected chi connectivity index (χ2v) is 8.34. The van der Waals surface area contributed by atoms with Gasteiger partial charge in [0.15, 0.2) is 0 Å². The molecule has 2 aliphatic rings. The maximum atomic E-state index is 5.93. The molecule has 120 valence electrons. The maximum absolute atomic E-state index is 5.93. The Hall–Kier alpha value is -1.78. The number of hydrogen-bond donors (Lipinski definition) is 0. The quantitative estimate of drug-likeness (QED) is 0.534. The van der Waals surface area contributed by atoms with Crippen molar-refractivity contribution in [3.8, 4) is 0 Å². The molecule has 2 nitrogen and oxygen atoms in total. The van der Waals surface area contributed by atoms with Gasteiger partial charge in [0.05, 0.1) is 9.77 Å². The highest BCUT2D eigenvalue weighted by Crippen LogP contribution is 2.58. The minimum Gasteiger partial charge on any atom is -0.339 e. The summed E-state index contributed by atoms with van der Waals surface area (Å²) in [5.41, 5.74) is 5.44. The van der Waals surface area contributed by atoms with Crippen molar-refractivity contribution >= 4 is 45.6 Å². The van der Waals surface area contributed by atoms with Gasteiger partial charge in [-0.05, 0) is 36.1 Å². The highest BCUT2D eigenvalue weighted by Gasteiger charge is 2.50. The number of nitrogens with zero attached hydrogens (tertiary/aromatic N) is 2. The van der Waals surface area contributed by atoms with E-state index in [1.807, 2.05) is 11.8 Å². The molecule has 0 saturated heterocycles. The van der Waals surface area contributed by atoms with E-state index in [-0.39, 0.29) is 4.75 Å². The number of rotatable bonds is 0. The van der Waals surface area contributed by atoms with Crippen LogP contribution in [0.5, 0.6) is 0 Å². The van der Waals surface area contributed by atoms with Crippen molar-refractivity contribution in [2.24, 2.45) is 7.05 Å². The van der Waals surface area contributed by atoms with Crippen molar-refractivity contribution < 1.29 is 0 Å². The third-order valence-corrected chi connectivity index (χ3v) is 7.93. The molecule has 3 heterocycles. The molecule has 3 aromatic rings. The van der Waals surface area contributed by atoms with E-state index in [0.29, 0.717) is 0 Å². The van der Waals surface area contributed by atoms with Gasteiger partial charge in [0.2, 0.25) is 0 Å². The van der Waals surface area contributed by atoms with Crippen LogP contribution in [0.3, 0.4) is 0 Å². The van der Waals surface area contributed by atoms with Crippen LogP contribution in [0.2, 0.25) is 0 Å². The lowest BCUT2D eigenvalue weighted by Gasteiger charge is -2.34. The van der Waals surface area contributed by atoms with E-state index < -0.39 is 0 Å². The Labute approximate surface area is 151 Å². The largest absolute Gasteiger partial charge is 0.339 e. The number of para-hydroxylation sites is 2. The zero-order chi connectivity index (χ0) is 16.5. The van der Waals surface area contributed by atoms with Crippen LogP contribution in [-0.2, 0) is 18.2 Å². The molecular weight excluding hydrogens is 332 g/mol. The van der Waals surface area contributed by atoms with Gasteiger partial charge in [-0.2, -0.15) is 0 Å². The van der Waals surface area contributed by atoms with Gasteiger partial charge in [-0.25, -0.2) is 0 Å². The highest BCUT2D eigenvalue weighted by molar-refractivity contribution is 8.02. The maximum Gasteiger partial charge on any atom is 0.103 e. The van der Waals surface area contributed by atoms with Crippen LogP contribution in [-0.4, -0.2) is 16.6 Å². The Kier molecular flexibility index (Phi) is 2.95. The molecule has 2 aliphatic heterocycles. The van der Waals surface area contributed by atoms with Gasteiger partial charge in [0, 0.05) is 30.7 Å². The van der Waals surface area contributed by atoms with Gasteiger partial charge in [0.1, 0.15) is 4.99 Å². The number of fused-ring (bicyclic) bond motifs is 5. The SMILES string of the molecule is CN1C(=S)C2(CCc3c(n(C)c4ccccc34)S2)c2ccccc21. The zero-order valence-corrected chi connectivity index (χ0v) is 15.4. The van der Waals surface area contributed by atoms with E-state index in [9.17, 15) is 0 Å². The van der Waals surface area contributed by atoms with Crippen molar-refractivity contribution in [1.82, 2.24) is 4.57 Å². The van der Waals surface area contributed by atoms with Gasteiger partial charge in [-0.3, -0.25) is 0 Å². The van der Waals surface area contributed by atoms with Crippen LogP contribution in [0.25, 0.3) is 10.9 Å². The van der Waals surface area contributed by atoms with E-state index in [0.717, 1.165) is 17.8 Å². The van der Waals surface area contributed by atoms with E-state index in [4.69, 9.17) is 12.2 Å². The Morgan fingerprint density at radius 3 is 2.67 bits per heavy atom. The number of hydrogen-bond acceptors (Lipinski definition) is 2. The summed E-state index contributed by atoms with van der Waals surface area (Å²) in [5, 5.41) is 2.76. The van der Waals surface area contributed by atoms with Crippen molar-refractivity contribution in [3.63, 3.8) is 0 Å². The Morgan fingerprint density at radius 1 is 1.04 bits per heavy atom. The van der Waals surface area contributed by atoms with Gasteiger partial charge in [0.25, 0.3) is 0 Å². The van der Waals surface area contributed by atoms with E-state index >= 15 is 0 Å². The van der Waals surface area contributed by atoms with Crippen molar-refractivity contribution in [1.29, 1.82) is 0 Å². The van der Waals surface area contributed by atoms with Crippen molar-refractivity contribution in [3.05, 3.63) is 59.7 Å². The minimum atomic E-state index is -0.101. The van der Waals surface area contributed by atoms with E-state index in [1.165, 1.54) is 32.7 Å². The molecule has 4 heteroatoms. The van der Waals surface area contributed by atoms with Crippen molar-refractivity contribution in [2.75, 3.05) is 11.9 Å². The number of thioether (sulfide) groups is 1. The predicted molar refractivity (Wildman–Crippen MR) is 106 cm³/mol. The van der Waals surface area contributed by atoms with E-state index in [2.05, 4.69) is 72.1 Å². The summed E-state index contributed by atoms with van der Waals surface area (Å²) in [6, 6.07) is 17.4. The first kappa shape index (κ1) is 14.6. The molecule has 0 radical (unpaired) electrons. The van der Waals surface area contributed by atoms with Crippen LogP contribution in [0.1, 0.15) is 17.5 Å². The first-order valence-electron chi connectivity index (χ1n) is 8.26. The van der Waals surface area contributed by atoms with Crippen LogP contribution < -0.4 is 4.90 Å². The third-order valence-electron chi connectivity index (χ3n) is 5.50. The Balaban J connectivity index is 1.74. The number of aromatic nitrogens is 1. The number of benzene rings is 2. The fraction of sp³-hybridized carbons (Fsp3) is 0.250. The predicted octanol–water partition coefficient (Wildman–Crippen LogP) is 4.89. The van der Waals surface area contributed by atoms with Gasteiger partial charge >= 0.3 is 0 Å². The summed E-state index contributed by atoms with van der Waals surface area (Å²) in [4.78, 5) is 3.25. The van der Waals surface area contributed by atoms with Crippen molar-refractivity contribution in [2.45, 2.75) is 22.6 Å². The molecular formula is C20H18N2S2. The van der Waals surface area contributed by atoms with Crippen LogP contribution in [0.4, 0.5) is 5.69 Å². The first-order valence-corrected chi connectivity index (χ1v) is 9.49. The standard InChI is InChI=1S/C20H18N2S2/c1-21-16-9-5-3-7-13(16)14-11-12-20(24-18(14)21)15-8-4-6-10-17(15)22(2)19(20)23/h3-10H,11-12H2,1-2H3. The number of aryl methyl sites for hydroxylation is 2. The molecule has 1 unspecified atom stereocenters. The fourth-order valence-corrected chi connectivity index (χ4v) is 6.33. The lowest BCUT2D eigenvalue weighted by Crippen LogP contribution is -2.36. The molecule has 0 aliphatic carbocycles. The topological polar surface area (TPSA) is 8.17 Å². The summed E-state index contributed by atoms with van der Waals surface area (Å²) in [6.07, 6.45) is 2.14. The summed E-state index contributed by atoms with van der Waals surface area (Å²) < 4.78 is 2.25. The smallest absolute Gasteiger partial charge is 0.103 e. The number of thiocarbonyl (C=S) groups is 1. The first-order chi connectivity index (χ1) is 11.6. The second kappa shape index (κ2) is 4.87. The third kappa shape index (κ3) is 1.65. The van der Waals surface area contributed by atoms with Gasteiger partial charge in [-0.1, -0.05) is 60.4 Å². The Morgan fingerprint density at radius 2 is 1.79 bits per heavy atom. The average Bonchev–Trinajstić information content (AvgIpc) is 3.02. The van der Waals surface area contributed by atoms with Gasteiger partial charge in [-0.15, -0.1) is 0 Å². The van der Waals surface area contributed by atoms with Crippen LogP contribution >= 0.6 is 24.0 Å². The van der Waals surface area contributed by atoms with Crippen LogP contribution in [0.15, 0.2) is 53.6 Å². The fourth-order valence-electron chi connectivity index (χ4n) is 4.28. The number of anilines is 1. The normalized spacial score (nSPS) is 22.2. The van der Waals surface area contributed by atoms with Gasteiger partial charge < -0.3 is 9.47 Å². The summed E-state index contributed by atoms with van der Waals surface area (Å²) in [5.74, 6) is 0. The molecule has 24 heavy (non-hydrogen) atoms. The Bertz CT molecular complexity index is 1000. The zero-order valence-electron chi connectivity index (χ0n) is 13.7. The van der Waals surface area contributed by atoms with Crippen LogP contribution in [0, 0.1) is 0 Å². The average molecular weight is 351 g/mol. The molecule has 0 saturated carbocycles. The highest BCUT2D eigenvalue weighted by atomic mass is 32.2. The molecule has 5 rings (SSSR count). The molecule has 0 N–H and O–H groups in total. The molecule has 0 bridgehead atoms. The molecule has 1 atom stereocenters. The lowest BCUT2D eigenvalue weighted by molar-refractivity contribution is 0.684. The molecule has 1 spiro atoms. The molecule has 1 aromatic heterocycles. The molecule has 0 fully saturated rings. The molecule has 0 amide bonds.